The number of nitrogens with zero attached hydrogens (tertiary/aromatic N) is 2. The van der Waals surface area contributed by atoms with Crippen molar-refractivity contribution in [3.8, 4) is 0 Å². The Kier molecular flexibility index (Phi) is 5.05. The molecular formula is C14H16N2O6. The Bertz CT molecular complexity index is 588. The summed E-state index contributed by atoms with van der Waals surface area (Å²) < 4.78 is 5.31. The van der Waals surface area contributed by atoms with Crippen LogP contribution < -0.4 is 0 Å². The van der Waals surface area contributed by atoms with Crippen LogP contribution in [0, 0.1) is 10.1 Å². The van der Waals surface area contributed by atoms with Crippen molar-refractivity contribution in [3.05, 3.63) is 39.9 Å². The Balaban J connectivity index is 1.98. The highest BCUT2D eigenvalue weighted by Crippen LogP contribution is 2.15. The summed E-state index contributed by atoms with van der Waals surface area (Å²) in [6, 6.07) is 5.92. The third-order valence-electron chi connectivity index (χ3n) is 3.37. The predicted molar refractivity (Wildman–Crippen MR) is 75.4 cm³/mol. The minimum absolute atomic E-state index is 0.0431. The van der Waals surface area contributed by atoms with E-state index in [2.05, 4.69) is 0 Å². The molecule has 118 valence electrons. The Morgan fingerprint density at radius 2 is 2.23 bits per heavy atom. The number of morpholine rings is 1. The van der Waals surface area contributed by atoms with Gasteiger partial charge in [-0.05, 0) is 5.56 Å². The zero-order valence-corrected chi connectivity index (χ0v) is 11.8. The van der Waals surface area contributed by atoms with Crippen LogP contribution in [0.4, 0.5) is 5.69 Å². The molecule has 2 rings (SSSR count). The Hall–Kier alpha value is -2.48. The fourth-order valence-electron chi connectivity index (χ4n) is 2.33. The van der Waals surface area contributed by atoms with Gasteiger partial charge in [0.05, 0.1) is 30.5 Å². The number of carbonyl (C=O) groups excluding carboxylic acids is 1. The normalized spacial score (nSPS) is 18.0. The van der Waals surface area contributed by atoms with Crippen LogP contribution in [-0.4, -0.2) is 52.6 Å². The van der Waals surface area contributed by atoms with E-state index in [0.717, 1.165) is 0 Å². The highest BCUT2D eigenvalue weighted by atomic mass is 16.6. The maximum absolute atomic E-state index is 12.2. The number of nitro benzene ring substituents is 1. The maximum atomic E-state index is 12.2. The number of carboxylic acid groups (broad SMARTS) is 1. The molecule has 0 aliphatic carbocycles. The quantitative estimate of drug-likeness (QED) is 0.637. The van der Waals surface area contributed by atoms with E-state index in [9.17, 15) is 19.7 Å². The van der Waals surface area contributed by atoms with Gasteiger partial charge in [0.1, 0.15) is 0 Å². The average molecular weight is 308 g/mol. The summed E-state index contributed by atoms with van der Waals surface area (Å²) in [5, 5.41) is 19.5. The van der Waals surface area contributed by atoms with Gasteiger partial charge in [-0.25, -0.2) is 0 Å². The van der Waals surface area contributed by atoms with Crippen molar-refractivity contribution in [1.29, 1.82) is 0 Å². The van der Waals surface area contributed by atoms with Crippen LogP contribution in [0.1, 0.15) is 12.0 Å². The fourth-order valence-corrected chi connectivity index (χ4v) is 2.33. The first-order valence-electron chi connectivity index (χ1n) is 6.80. The standard InChI is InChI=1S/C14H16N2O6/c17-13(7-10-2-1-3-11(6-10)16(20)21)15-4-5-22-12(9-15)8-14(18)19/h1-3,6,12H,4-5,7-9H2,(H,18,19). The van der Waals surface area contributed by atoms with Gasteiger partial charge in [0.2, 0.25) is 5.91 Å². The summed E-state index contributed by atoms with van der Waals surface area (Å²) in [7, 11) is 0. The number of aliphatic carboxylic acids is 1. The van der Waals surface area contributed by atoms with Crippen molar-refractivity contribution in [3.63, 3.8) is 0 Å². The fraction of sp³-hybridized carbons (Fsp3) is 0.429. The molecule has 1 amide bonds. The zero-order chi connectivity index (χ0) is 16.1. The van der Waals surface area contributed by atoms with E-state index >= 15 is 0 Å². The molecule has 8 nitrogen and oxygen atoms in total. The molecule has 22 heavy (non-hydrogen) atoms. The van der Waals surface area contributed by atoms with Crippen LogP contribution in [0.15, 0.2) is 24.3 Å². The molecule has 8 heteroatoms. The van der Waals surface area contributed by atoms with Gasteiger partial charge < -0.3 is 14.7 Å². The minimum Gasteiger partial charge on any atom is -0.481 e. The lowest BCUT2D eigenvalue weighted by atomic mass is 10.1. The van der Waals surface area contributed by atoms with Crippen LogP contribution in [-0.2, 0) is 20.7 Å². The average Bonchev–Trinajstić information content (AvgIpc) is 2.47. The number of carboxylic acids is 1. The summed E-state index contributed by atoms with van der Waals surface area (Å²) in [5.74, 6) is -1.17. The zero-order valence-electron chi connectivity index (χ0n) is 11.8. The van der Waals surface area contributed by atoms with Gasteiger partial charge >= 0.3 is 5.97 Å². The van der Waals surface area contributed by atoms with Crippen molar-refractivity contribution in [2.75, 3.05) is 19.7 Å². The minimum atomic E-state index is -0.974. The van der Waals surface area contributed by atoms with Crippen molar-refractivity contribution in [2.24, 2.45) is 0 Å². The first-order valence-corrected chi connectivity index (χ1v) is 6.80. The van der Waals surface area contributed by atoms with Crippen LogP contribution in [0.3, 0.4) is 0 Å². The molecule has 1 aromatic rings. The second-order valence-corrected chi connectivity index (χ2v) is 5.03. The van der Waals surface area contributed by atoms with Crippen LogP contribution >= 0.6 is 0 Å². The van der Waals surface area contributed by atoms with Gasteiger partial charge in [-0.1, -0.05) is 12.1 Å². The largest absolute Gasteiger partial charge is 0.481 e. The van der Waals surface area contributed by atoms with Crippen molar-refractivity contribution in [1.82, 2.24) is 4.90 Å². The molecule has 0 spiro atoms. The van der Waals surface area contributed by atoms with E-state index in [1.54, 1.807) is 6.07 Å². The molecule has 1 saturated heterocycles. The molecule has 0 aromatic heterocycles. The van der Waals surface area contributed by atoms with E-state index in [4.69, 9.17) is 9.84 Å². The SMILES string of the molecule is O=C(O)CC1CN(C(=O)Cc2cccc([N+](=O)[O-])c2)CCO1. The number of rotatable bonds is 5. The summed E-state index contributed by atoms with van der Waals surface area (Å²) >= 11 is 0. The Labute approximate surface area is 126 Å². The first-order chi connectivity index (χ1) is 10.5. The van der Waals surface area contributed by atoms with Crippen LogP contribution in [0.2, 0.25) is 0 Å². The lowest BCUT2D eigenvalue weighted by Gasteiger charge is -2.32. The second kappa shape index (κ2) is 6.99. The summed E-state index contributed by atoms with van der Waals surface area (Å²) in [6.45, 7) is 0.905. The third kappa shape index (κ3) is 4.26. The molecule has 1 aromatic carbocycles. The van der Waals surface area contributed by atoms with Gasteiger partial charge in [0, 0.05) is 25.2 Å². The van der Waals surface area contributed by atoms with Gasteiger partial charge in [0.25, 0.3) is 5.69 Å². The van der Waals surface area contributed by atoms with Crippen molar-refractivity contribution < 1.29 is 24.4 Å². The topological polar surface area (TPSA) is 110 Å². The molecule has 0 radical (unpaired) electrons. The van der Waals surface area contributed by atoms with E-state index in [1.807, 2.05) is 0 Å². The number of benzene rings is 1. The van der Waals surface area contributed by atoms with Crippen molar-refractivity contribution in [2.45, 2.75) is 18.9 Å². The number of hydrogen-bond acceptors (Lipinski definition) is 5. The molecule has 1 heterocycles. The summed E-state index contributed by atoms with van der Waals surface area (Å²) in [6.07, 6.45) is -0.623. The molecular weight excluding hydrogens is 292 g/mol. The molecule has 0 saturated carbocycles. The number of carbonyl (C=O) groups is 2. The van der Waals surface area contributed by atoms with Gasteiger partial charge in [-0.15, -0.1) is 0 Å². The second-order valence-electron chi connectivity index (χ2n) is 5.03. The van der Waals surface area contributed by atoms with Gasteiger partial charge in [0.15, 0.2) is 0 Å². The van der Waals surface area contributed by atoms with Crippen molar-refractivity contribution >= 4 is 17.6 Å². The summed E-state index contributed by atoms with van der Waals surface area (Å²) in [4.78, 5) is 34.7. The number of nitro groups is 1. The first kappa shape index (κ1) is 15.9. The van der Waals surface area contributed by atoms with Crippen LogP contribution in [0.25, 0.3) is 0 Å². The van der Waals surface area contributed by atoms with E-state index in [-0.39, 0.29) is 31.0 Å². The maximum Gasteiger partial charge on any atom is 0.306 e. The number of amides is 1. The molecule has 1 aliphatic rings. The predicted octanol–water partition coefficient (Wildman–Crippen LogP) is 0.839. The third-order valence-corrected chi connectivity index (χ3v) is 3.37. The lowest BCUT2D eigenvalue weighted by molar-refractivity contribution is -0.384. The molecule has 1 atom stereocenters. The van der Waals surface area contributed by atoms with Gasteiger partial charge in [-0.2, -0.15) is 0 Å². The highest BCUT2D eigenvalue weighted by Gasteiger charge is 2.26. The van der Waals surface area contributed by atoms with E-state index in [1.165, 1.54) is 23.1 Å². The molecule has 1 fully saturated rings. The van der Waals surface area contributed by atoms with E-state index < -0.39 is 17.0 Å². The smallest absolute Gasteiger partial charge is 0.306 e. The Morgan fingerprint density at radius 1 is 1.45 bits per heavy atom. The molecule has 1 unspecified atom stereocenters. The number of hydrogen-bond donors (Lipinski definition) is 1. The molecule has 0 bridgehead atoms. The van der Waals surface area contributed by atoms with Gasteiger partial charge in [-0.3, -0.25) is 19.7 Å². The molecule has 1 aliphatic heterocycles. The molecule has 1 N–H and O–H groups in total. The lowest BCUT2D eigenvalue weighted by Crippen LogP contribution is -2.46. The number of non-ortho nitro benzene ring substituents is 1. The summed E-state index contributed by atoms with van der Waals surface area (Å²) in [5.41, 5.74) is 0.497. The van der Waals surface area contributed by atoms with Crippen LogP contribution in [0.5, 0.6) is 0 Å². The highest BCUT2D eigenvalue weighted by molar-refractivity contribution is 5.79. The van der Waals surface area contributed by atoms with E-state index in [0.29, 0.717) is 18.7 Å². The Morgan fingerprint density at radius 3 is 2.91 bits per heavy atom. The monoisotopic (exact) mass is 308 g/mol. The number of ether oxygens (including phenoxy) is 1.